The third-order valence-electron chi connectivity index (χ3n) is 3.33. The highest BCUT2D eigenvalue weighted by atomic mass is 35.5. The summed E-state index contributed by atoms with van der Waals surface area (Å²) in [4.78, 5) is 11.2. The summed E-state index contributed by atoms with van der Waals surface area (Å²) in [5.74, 6) is 0.0656. The van der Waals surface area contributed by atoms with Gasteiger partial charge in [0, 0.05) is 0 Å². The van der Waals surface area contributed by atoms with E-state index < -0.39 is 5.97 Å². The van der Waals surface area contributed by atoms with Gasteiger partial charge in [-0.1, -0.05) is 41.9 Å². The van der Waals surface area contributed by atoms with Crippen LogP contribution in [0.15, 0.2) is 42.5 Å². The fourth-order valence-corrected chi connectivity index (χ4v) is 2.39. The molecule has 0 saturated heterocycles. The van der Waals surface area contributed by atoms with Gasteiger partial charge in [0.1, 0.15) is 0 Å². The van der Waals surface area contributed by atoms with Gasteiger partial charge in [0.2, 0.25) is 0 Å². The van der Waals surface area contributed by atoms with Crippen LogP contribution in [0.3, 0.4) is 0 Å². The predicted octanol–water partition coefficient (Wildman–Crippen LogP) is 3.96. The lowest BCUT2D eigenvalue weighted by Crippen LogP contribution is -2.13. The van der Waals surface area contributed by atoms with E-state index in [-0.39, 0.29) is 17.4 Å². The lowest BCUT2D eigenvalue weighted by Gasteiger charge is -2.12. The highest BCUT2D eigenvalue weighted by Crippen LogP contribution is 2.37. The lowest BCUT2D eigenvalue weighted by atomic mass is 10.0. The van der Waals surface area contributed by atoms with E-state index in [1.54, 1.807) is 18.2 Å². The van der Waals surface area contributed by atoms with Crippen LogP contribution < -0.4 is 9.47 Å². The number of hydrogen-bond acceptors (Lipinski definition) is 5. The Bertz CT molecular complexity index is 825. The van der Waals surface area contributed by atoms with E-state index in [2.05, 4.69) is 10.8 Å². The number of halogens is 1. The molecule has 128 valence electrons. The van der Waals surface area contributed by atoms with Crippen LogP contribution >= 0.6 is 11.6 Å². The lowest BCUT2D eigenvalue weighted by molar-refractivity contribution is -0.142. The first-order valence-electron chi connectivity index (χ1n) is 7.33. The molecule has 0 fully saturated rings. The predicted molar refractivity (Wildman–Crippen MR) is 95.4 cm³/mol. The summed E-state index contributed by atoms with van der Waals surface area (Å²) in [6.07, 6.45) is 1.70. The van der Waals surface area contributed by atoms with Gasteiger partial charge in [-0.2, -0.15) is 5.26 Å². The number of nitriles is 1. The minimum atomic E-state index is -0.530. The molecule has 25 heavy (non-hydrogen) atoms. The van der Waals surface area contributed by atoms with Crippen LogP contribution in [0, 0.1) is 11.3 Å². The second-order valence-electron chi connectivity index (χ2n) is 4.93. The van der Waals surface area contributed by atoms with Crippen molar-refractivity contribution in [3.8, 4) is 17.6 Å². The summed E-state index contributed by atoms with van der Waals surface area (Å²) < 4.78 is 15.2. The fraction of sp³-hybridized carbons (Fsp3) is 0.158. The molecular weight excluding hydrogens is 342 g/mol. The largest absolute Gasteiger partial charge is 0.493 e. The van der Waals surface area contributed by atoms with Gasteiger partial charge in [-0.3, -0.25) is 0 Å². The molecule has 6 heteroatoms. The van der Waals surface area contributed by atoms with Crippen molar-refractivity contribution in [2.24, 2.45) is 0 Å². The monoisotopic (exact) mass is 357 g/mol. The number of rotatable bonds is 6. The van der Waals surface area contributed by atoms with E-state index in [1.807, 2.05) is 30.3 Å². The van der Waals surface area contributed by atoms with Gasteiger partial charge in [-0.25, -0.2) is 4.79 Å². The molecule has 2 aromatic carbocycles. The van der Waals surface area contributed by atoms with Crippen molar-refractivity contribution in [2.75, 3.05) is 20.8 Å². The van der Waals surface area contributed by atoms with Gasteiger partial charge in [-0.05, 0) is 29.3 Å². The van der Waals surface area contributed by atoms with Gasteiger partial charge in [0.05, 0.1) is 30.9 Å². The van der Waals surface area contributed by atoms with Crippen molar-refractivity contribution in [2.45, 2.75) is 0 Å². The average Bonchev–Trinajstić information content (AvgIpc) is 2.65. The molecule has 0 heterocycles. The summed E-state index contributed by atoms with van der Waals surface area (Å²) in [5, 5.41) is 9.67. The summed E-state index contributed by atoms with van der Waals surface area (Å²) >= 11 is 6.24. The molecule has 0 saturated carbocycles. The molecule has 0 radical (unpaired) electrons. The molecule has 0 unspecified atom stereocenters. The first kappa shape index (κ1) is 18.4. The molecule has 0 aromatic heterocycles. The van der Waals surface area contributed by atoms with Gasteiger partial charge in [-0.15, -0.1) is 0 Å². The number of benzene rings is 2. The smallest absolute Gasteiger partial charge is 0.343 e. The summed E-state index contributed by atoms with van der Waals surface area (Å²) in [5.41, 5.74) is 1.96. The number of carbonyl (C=O) groups excluding carboxylic acids is 1. The Kier molecular flexibility index (Phi) is 6.44. The molecule has 0 amide bonds. The van der Waals surface area contributed by atoms with Gasteiger partial charge in [0.25, 0.3) is 0 Å². The van der Waals surface area contributed by atoms with E-state index in [0.29, 0.717) is 16.9 Å². The summed E-state index contributed by atoms with van der Waals surface area (Å²) in [6, 6.07) is 14.8. The third kappa shape index (κ3) is 4.75. The molecule has 0 N–H and O–H groups in total. The summed E-state index contributed by atoms with van der Waals surface area (Å²) in [6.45, 7) is -0.283. The van der Waals surface area contributed by atoms with E-state index in [0.717, 1.165) is 5.56 Å². The van der Waals surface area contributed by atoms with Crippen LogP contribution in [0.4, 0.5) is 0 Å². The first-order chi connectivity index (χ1) is 12.1. The van der Waals surface area contributed by atoms with E-state index in [4.69, 9.17) is 21.1 Å². The highest BCUT2D eigenvalue weighted by Gasteiger charge is 2.14. The molecular formula is C19H16ClNO4. The maximum Gasteiger partial charge on any atom is 0.343 e. The minimum absolute atomic E-state index is 0.241. The number of esters is 1. The fourth-order valence-electron chi connectivity index (χ4n) is 2.12. The van der Waals surface area contributed by atoms with E-state index >= 15 is 0 Å². The minimum Gasteiger partial charge on any atom is -0.493 e. The standard InChI is InChI=1S/C19H16ClNO4/c1-23-17-10-13(8-15(11-21)14-6-4-3-5-7-14)9-16(20)19(17)25-12-18(22)24-2/h3-10H,12H2,1-2H3/b15-8-. The van der Waals surface area contributed by atoms with Crippen molar-refractivity contribution in [3.63, 3.8) is 0 Å². The third-order valence-corrected chi connectivity index (χ3v) is 3.61. The zero-order chi connectivity index (χ0) is 18.2. The summed E-state index contributed by atoms with van der Waals surface area (Å²) in [7, 11) is 2.73. The molecule has 0 aliphatic carbocycles. The second-order valence-corrected chi connectivity index (χ2v) is 5.34. The average molecular weight is 358 g/mol. The molecule has 0 aliphatic rings. The van der Waals surface area contributed by atoms with Crippen molar-refractivity contribution in [3.05, 3.63) is 58.6 Å². The van der Waals surface area contributed by atoms with E-state index in [9.17, 15) is 10.1 Å². The quantitative estimate of drug-likeness (QED) is 0.444. The number of ether oxygens (including phenoxy) is 3. The Balaban J connectivity index is 2.37. The van der Waals surface area contributed by atoms with Crippen molar-refractivity contribution < 1.29 is 19.0 Å². The SMILES string of the molecule is COC(=O)COc1c(Cl)cc(/C=C(/C#N)c2ccccc2)cc1OC. The van der Waals surface area contributed by atoms with Crippen molar-refractivity contribution in [1.29, 1.82) is 5.26 Å². The van der Waals surface area contributed by atoms with Crippen LogP contribution in [-0.4, -0.2) is 26.8 Å². The molecule has 0 spiro atoms. The van der Waals surface area contributed by atoms with Crippen molar-refractivity contribution in [1.82, 2.24) is 0 Å². The van der Waals surface area contributed by atoms with Crippen LogP contribution in [0.5, 0.6) is 11.5 Å². The van der Waals surface area contributed by atoms with Crippen LogP contribution in [0.2, 0.25) is 5.02 Å². The number of allylic oxidation sites excluding steroid dienone is 1. The zero-order valence-corrected chi connectivity index (χ0v) is 14.5. The van der Waals surface area contributed by atoms with E-state index in [1.165, 1.54) is 14.2 Å². The highest BCUT2D eigenvalue weighted by molar-refractivity contribution is 6.32. The molecule has 2 aromatic rings. The normalized spacial score (nSPS) is 10.7. The van der Waals surface area contributed by atoms with Gasteiger partial charge in [0.15, 0.2) is 18.1 Å². The topological polar surface area (TPSA) is 68.5 Å². The molecule has 0 atom stereocenters. The Labute approximate surface area is 151 Å². The number of nitrogens with zero attached hydrogens (tertiary/aromatic N) is 1. The zero-order valence-electron chi connectivity index (χ0n) is 13.8. The maximum atomic E-state index is 11.2. The van der Waals surface area contributed by atoms with Gasteiger partial charge < -0.3 is 14.2 Å². The van der Waals surface area contributed by atoms with Crippen LogP contribution in [0.1, 0.15) is 11.1 Å². The van der Waals surface area contributed by atoms with Gasteiger partial charge >= 0.3 is 5.97 Å². The maximum absolute atomic E-state index is 11.2. The Hall–Kier alpha value is -2.97. The Morgan fingerprint density at radius 3 is 2.56 bits per heavy atom. The van der Waals surface area contributed by atoms with Crippen LogP contribution in [-0.2, 0) is 9.53 Å². The van der Waals surface area contributed by atoms with Crippen LogP contribution in [0.25, 0.3) is 11.6 Å². The number of hydrogen-bond donors (Lipinski definition) is 0. The first-order valence-corrected chi connectivity index (χ1v) is 7.71. The van der Waals surface area contributed by atoms with Crippen molar-refractivity contribution >= 4 is 29.2 Å². The Morgan fingerprint density at radius 1 is 1.24 bits per heavy atom. The second kappa shape index (κ2) is 8.76. The number of carbonyl (C=O) groups is 1. The molecule has 2 rings (SSSR count). The number of methoxy groups -OCH3 is 2. The molecule has 0 bridgehead atoms. The molecule has 5 nitrogen and oxygen atoms in total. The Morgan fingerprint density at radius 2 is 1.96 bits per heavy atom. The molecule has 0 aliphatic heterocycles.